The van der Waals surface area contributed by atoms with Gasteiger partial charge in [-0.05, 0) is 69.0 Å². The highest BCUT2D eigenvalue weighted by Crippen LogP contribution is 2.36. The molecule has 0 saturated carbocycles. The van der Waals surface area contributed by atoms with Gasteiger partial charge in [-0.3, -0.25) is 14.7 Å². The summed E-state index contributed by atoms with van der Waals surface area (Å²) in [6.07, 6.45) is 2.77. The zero-order chi connectivity index (χ0) is 25.4. The van der Waals surface area contributed by atoms with Crippen molar-refractivity contribution in [3.63, 3.8) is 0 Å². The van der Waals surface area contributed by atoms with Crippen molar-refractivity contribution in [3.05, 3.63) is 83.2 Å². The number of rotatable bonds is 6. The lowest BCUT2D eigenvalue weighted by atomic mass is 10.1. The van der Waals surface area contributed by atoms with Gasteiger partial charge in [0.05, 0.1) is 27.4 Å². The largest absolute Gasteiger partial charge is 0.281 e. The van der Waals surface area contributed by atoms with Gasteiger partial charge in [0.2, 0.25) is 15.9 Å². The average Bonchev–Trinajstić information content (AvgIpc) is 3.54. The Morgan fingerprint density at radius 1 is 1.06 bits per heavy atom. The normalized spacial score (nSPS) is 16.5. The lowest BCUT2D eigenvalue weighted by Crippen LogP contribution is -2.47. The molecule has 7 nitrogen and oxygen atoms in total. The Labute approximate surface area is 215 Å². The number of pyridine rings is 1. The standard InChI is InChI=1S/C27H28N4O3S2/c1-18-9-13-22(14-10-18)36(33,34)31-16-6-8-23(31)26(32)30(17-21-7-4-5-15-28-21)27-29-24-19(2)11-12-20(3)25(24)35-27/h4-5,7,9-15,23H,6,8,16-17H2,1-3H3/t23-/m0/s1. The van der Waals surface area contributed by atoms with E-state index in [0.29, 0.717) is 30.2 Å². The summed E-state index contributed by atoms with van der Waals surface area (Å²) in [5.74, 6) is -0.275. The van der Waals surface area contributed by atoms with Gasteiger partial charge in [0, 0.05) is 12.7 Å². The molecule has 5 rings (SSSR count). The van der Waals surface area contributed by atoms with Gasteiger partial charge >= 0.3 is 0 Å². The lowest BCUT2D eigenvalue weighted by molar-refractivity contribution is -0.121. The second-order valence-electron chi connectivity index (χ2n) is 9.21. The first-order chi connectivity index (χ1) is 17.3. The molecule has 0 unspecified atom stereocenters. The predicted octanol–water partition coefficient (Wildman–Crippen LogP) is 5.00. The maximum atomic E-state index is 14.1. The molecule has 0 radical (unpaired) electrons. The van der Waals surface area contributed by atoms with E-state index in [-0.39, 0.29) is 17.3 Å². The highest BCUT2D eigenvalue weighted by atomic mass is 32.2. The van der Waals surface area contributed by atoms with Gasteiger partial charge in [0.1, 0.15) is 6.04 Å². The molecule has 0 bridgehead atoms. The molecule has 0 spiro atoms. The summed E-state index contributed by atoms with van der Waals surface area (Å²) >= 11 is 1.46. The second-order valence-corrected chi connectivity index (χ2v) is 12.1. The maximum Gasteiger partial charge on any atom is 0.247 e. The van der Waals surface area contributed by atoms with Gasteiger partial charge in [-0.1, -0.05) is 47.2 Å². The SMILES string of the molecule is Cc1ccc(S(=O)(=O)N2CCC[C@H]2C(=O)N(Cc2ccccn2)c2nc3c(C)ccc(C)c3s2)cc1. The molecular formula is C27H28N4O3S2. The highest BCUT2D eigenvalue weighted by Gasteiger charge is 2.42. The Bertz CT molecular complexity index is 1480. The van der Waals surface area contributed by atoms with Crippen molar-refractivity contribution in [3.8, 4) is 0 Å². The molecule has 1 fully saturated rings. The van der Waals surface area contributed by atoms with E-state index in [4.69, 9.17) is 4.98 Å². The predicted molar refractivity (Wildman–Crippen MR) is 143 cm³/mol. The Morgan fingerprint density at radius 2 is 1.81 bits per heavy atom. The molecule has 4 aromatic rings. The minimum Gasteiger partial charge on any atom is -0.281 e. The number of benzene rings is 2. The van der Waals surface area contributed by atoms with Crippen LogP contribution in [0.4, 0.5) is 5.13 Å². The van der Waals surface area contributed by atoms with Crippen LogP contribution in [-0.4, -0.2) is 41.2 Å². The van der Waals surface area contributed by atoms with Gasteiger partial charge in [-0.25, -0.2) is 13.4 Å². The van der Waals surface area contributed by atoms with Gasteiger partial charge < -0.3 is 0 Å². The summed E-state index contributed by atoms with van der Waals surface area (Å²) in [5, 5.41) is 0.553. The number of sulfonamides is 1. The van der Waals surface area contributed by atoms with E-state index in [1.165, 1.54) is 15.6 Å². The molecule has 2 aromatic heterocycles. The van der Waals surface area contributed by atoms with Crippen LogP contribution in [0.5, 0.6) is 0 Å². The van der Waals surface area contributed by atoms with E-state index >= 15 is 0 Å². The van der Waals surface area contributed by atoms with Gasteiger partial charge in [0.15, 0.2) is 5.13 Å². The van der Waals surface area contributed by atoms with E-state index in [1.807, 2.05) is 45.0 Å². The molecule has 1 amide bonds. The quantitative estimate of drug-likeness (QED) is 0.357. The number of hydrogen-bond donors (Lipinski definition) is 0. The maximum absolute atomic E-state index is 14.1. The number of hydrogen-bond acceptors (Lipinski definition) is 6. The Morgan fingerprint density at radius 3 is 2.50 bits per heavy atom. The first-order valence-electron chi connectivity index (χ1n) is 11.9. The third-order valence-corrected chi connectivity index (χ3v) is 9.73. The molecule has 0 N–H and O–H groups in total. The summed E-state index contributed by atoms with van der Waals surface area (Å²) < 4.78 is 29.5. The number of aryl methyl sites for hydroxylation is 3. The summed E-state index contributed by atoms with van der Waals surface area (Å²) in [6.45, 7) is 6.47. The van der Waals surface area contributed by atoms with Crippen molar-refractivity contribution >= 4 is 42.6 Å². The average molecular weight is 521 g/mol. The monoisotopic (exact) mass is 520 g/mol. The van der Waals surface area contributed by atoms with Crippen LogP contribution in [0.3, 0.4) is 0 Å². The molecule has 1 aliphatic heterocycles. The van der Waals surface area contributed by atoms with Crippen LogP contribution in [-0.2, 0) is 21.4 Å². The number of amides is 1. The number of anilines is 1. The number of carbonyl (C=O) groups is 1. The Hall–Kier alpha value is -3.14. The Balaban J connectivity index is 1.55. The lowest BCUT2D eigenvalue weighted by Gasteiger charge is -2.28. The number of carbonyl (C=O) groups excluding carboxylic acids is 1. The van der Waals surface area contributed by atoms with E-state index in [1.54, 1.807) is 35.4 Å². The number of thiazole rings is 1. The smallest absolute Gasteiger partial charge is 0.247 e. The summed E-state index contributed by atoms with van der Waals surface area (Å²) in [5.41, 5.74) is 4.68. The van der Waals surface area contributed by atoms with Crippen LogP contribution in [0.1, 0.15) is 35.2 Å². The first-order valence-corrected chi connectivity index (χ1v) is 14.2. The number of nitrogens with zero attached hydrogens (tertiary/aromatic N) is 4. The van der Waals surface area contributed by atoms with Crippen LogP contribution in [0, 0.1) is 20.8 Å². The van der Waals surface area contributed by atoms with Crippen molar-refractivity contribution in [2.24, 2.45) is 0 Å². The van der Waals surface area contributed by atoms with Crippen LogP contribution < -0.4 is 4.90 Å². The highest BCUT2D eigenvalue weighted by molar-refractivity contribution is 7.89. The molecule has 2 aromatic carbocycles. The summed E-state index contributed by atoms with van der Waals surface area (Å²) in [6, 6.07) is 15.6. The Kier molecular flexibility index (Phi) is 6.63. The van der Waals surface area contributed by atoms with Gasteiger partial charge in [0.25, 0.3) is 0 Å². The number of aromatic nitrogens is 2. The fourth-order valence-electron chi connectivity index (χ4n) is 4.56. The molecule has 9 heteroatoms. The van der Waals surface area contributed by atoms with Crippen LogP contribution in [0.25, 0.3) is 10.2 Å². The van der Waals surface area contributed by atoms with Crippen molar-refractivity contribution in [2.75, 3.05) is 11.4 Å². The van der Waals surface area contributed by atoms with Crippen LogP contribution in [0.15, 0.2) is 65.7 Å². The zero-order valence-corrected chi connectivity index (χ0v) is 22.1. The van der Waals surface area contributed by atoms with E-state index < -0.39 is 16.1 Å². The molecule has 1 saturated heterocycles. The third kappa shape index (κ3) is 4.54. The molecule has 1 atom stereocenters. The third-order valence-electron chi connectivity index (χ3n) is 6.59. The minimum atomic E-state index is -3.82. The molecular weight excluding hydrogens is 492 g/mol. The van der Waals surface area contributed by atoms with Crippen molar-refractivity contribution in [1.82, 2.24) is 14.3 Å². The molecule has 36 heavy (non-hydrogen) atoms. The van der Waals surface area contributed by atoms with Crippen LogP contribution in [0.2, 0.25) is 0 Å². The van der Waals surface area contributed by atoms with Crippen molar-refractivity contribution in [1.29, 1.82) is 0 Å². The summed E-state index contributed by atoms with van der Waals surface area (Å²) in [4.78, 5) is 25.2. The fraction of sp³-hybridized carbons (Fsp3) is 0.296. The number of fused-ring (bicyclic) bond motifs is 1. The van der Waals surface area contributed by atoms with Crippen LogP contribution >= 0.6 is 11.3 Å². The van der Waals surface area contributed by atoms with Gasteiger partial charge in [-0.2, -0.15) is 4.31 Å². The topological polar surface area (TPSA) is 83.5 Å². The molecule has 0 aliphatic carbocycles. The fourth-order valence-corrected chi connectivity index (χ4v) is 7.32. The minimum absolute atomic E-state index is 0.204. The zero-order valence-electron chi connectivity index (χ0n) is 20.5. The van der Waals surface area contributed by atoms with Crippen molar-refractivity contribution < 1.29 is 13.2 Å². The van der Waals surface area contributed by atoms with E-state index in [2.05, 4.69) is 11.1 Å². The second kappa shape index (κ2) is 9.72. The molecule has 3 heterocycles. The molecule has 186 valence electrons. The summed E-state index contributed by atoms with van der Waals surface area (Å²) in [7, 11) is -3.82. The molecule has 1 aliphatic rings. The first kappa shape index (κ1) is 24.5. The van der Waals surface area contributed by atoms with E-state index in [0.717, 1.165) is 26.9 Å². The van der Waals surface area contributed by atoms with Gasteiger partial charge in [-0.15, -0.1) is 0 Å². The van der Waals surface area contributed by atoms with Crippen molar-refractivity contribution in [2.45, 2.75) is 51.1 Å². The van der Waals surface area contributed by atoms with E-state index in [9.17, 15) is 13.2 Å².